The van der Waals surface area contributed by atoms with Crippen molar-refractivity contribution in [3.05, 3.63) is 54.4 Å². The van der Waals surface area contributed by atoms with Gasteiger partial charge in [-0.3, -0.25) is 0 Å². The topological polar surface area (TPSA) is 73.3 Å². The monoisotopic (exact) mass is 283 g/mol. The highest BCUT2D eigenvalue weighted by atomic mass is 16.5. The van der Waals surface area contributed by atoms with Gasteiger partial charge in [-0.1, -0.05) is 24.3 Å². The SMILES string of the molecule is Nc1cccc2c1nc(COc1ccccc1)n2CCO. The number of rotatable bonds is 5. The van der Waals surface area contributed by atoms with Crippen LogP contribution in [0.15, 0.2) is 48.5 Å². The van der Waals surface area contributed by atoms with E-state index in [4.69, 9.17) is 10.5 Å². The average Bonchev–Trinajstić information content (AvgIpc) is 2.86. The first-order valence-electron chi connectivity index (χ1n) is 6.82. The average molecular weight is 283 g/mol. The molecule has 5 nitrogen and oxygen atoms in total. The number of anilines is 1. The smallest absolute Gasteiger partial charge is 0.148 e. The molecule has 108 valence electrons. The van der Waals surface area contributed by atoms with Gasteiger partial charge in [0.05, 0.1) is 17.8 Å². The van der Waals surface area contributed by atoms with E-state index in [1.165, 1.54) is 0 Å². The van der Waals surface area contributed by atoms with Gasteiger partial charge in [0.25, 0.3) is 0 Å². The molecule has 0 atom stereocenters. The second-order valence-corrected chi connectivity index (χ2v) is 4.72. The van der Waals surface area contributed by atoms with Crippen molar-refractivity contribution >= 4 is 16.7 Å². The third-order valence-electron chi connectivity index (χ3n) is 3.32. The summed E-state index contributed by atoms with van der Waals surface area (Å²) in [6.07, 6.45) is 0. The molecule has 0 saturated carbocycles. The number of imidazole rings is 1. The van der Waals surface area contributed by atoms with E-state index in [0.29, 0.717) is 18.8 Å². The third kappa shape index (κ3) is 2.68. The summed E-state index contributed by atoms with van der Waals surface area (Å²) in [5, 5.41) is 9.26. The molecule has 0 bridgehead atoms. The molecule has 0 aliphatic rings. The number of nitrogen functional groups attached to an aromatic ring is 1. The predicted octanol–water partition coefficient (Wildman–Crippen LogP) is 2.19. The number of fused-ring (bicyclic) bond motifs is 1. The Morgan fingerprint density at radius 1 is 1.10 bits per heavy atom. The van der Waals surface area contributed by atoms with E-state index in [2.05, 4.69) is 4.98 Å². The van der Waals surface area contributed by atoms with Gasteiger partial charge in [-0.05, 0) is 24.3 Å². The number of aliphatic hydroxyl groups excluding tert-OH is 1. The first-order valence-corrected chi connectivity index (χ1v) is 6.82. The second kappa shape index (κ2) is 5.85. The molecule has 1 heterocycles. The molecule has 0 aliphatic heterocycles. The van der Waals surface area contributed by atoms with Crippen LogP contribution in [0.4, 0.5) is 5.69 Å². The Kier molecular flexibility index (Phi) is 3.75. The molecule has 3 aromatic rings. The van der Waals surface area contributed by atoms with E-state index < -0.39 is 0 Å². The highest BCUT2D eigenvalue weighted by Gasteiger charge is 2.12. The van der Waals surface area contributed by atoms with E-state index in [1.807, 2.05) is 53.1 Å². The maximum absolute atomic E-state index is 9.26. The predicted molar refractivity (Wildman–Crippen MR) is 82.0 cm³/mol. The van der Waals surface area contributed by atoms with Gasteiger partial charge >= 0.3 is 0 Å². The van der Waals surface area contributed by atoms with Crippen molar-refractivity contribution < 1.29 is 9.84 Å². The van der Waals surface area contributed by atoms with Crippen LogP contribution in [0.1, 0.15) is 5.82 Å². The molecule has 0 spiro atoms. The lowest BCUT2D eigenvalue weighted by atomic mass is 10.3. The maximum Gasteiger partial charge on any atom is 0.148 e. The number of hydrogen-bond acceptors (Lipinski definition) is 4. The van der Waals surface area contributed by atoms with Crippen molar-refractivity contribution in [1.82, 2.24) is 9.55 Å². The number of aromatic nitrogens is 2. The van der Waals surface area contributed by atoms with Crippen LogP contribution in [0.5, 0.6) is 5.75 Å². The van der Waals surface area contributed by atoms with Gasteiger partial charge in [-0.2, -0.15) is 0 Å². The van der Waals surface area contributed by atoms with E-state index in [1.54, 1.807) is 0 Å². The Morgan fingerprint density at radius 2 is 1.90 bits per heavy atom. The standard InChI is InChI=1S/C16H17N3O2/c17-13-7-4-8-14-16(13)18-15(19(14)9-10-20)11-21-12-5-2-1-3-6-12/h1-8,20H,9-11,17H2. The normalized spacial score (nSPS) is 10.9. The van der Waals surface area contributed by atoms with Crippen LogP contribution in [0.2, 0.25) is 0 Å². The lowest BCUT2D eigenvalue weighted by Gasteiger charge is -2.09. The summed E-state index contributed by atoms with van der Waals surface area (Å²) >= 11 is 0. The van der Waals surface area contributed by atoms with E-state index in [-0.39, 0.29) is 6.61 Å². The fourth-order valence-corrected chi connectivity index (χ4v) is 2.34. The molecule has 0 amide bonds. The number of aliphatic hydroxyl groups is 1. The summed E-state index contributed by atoms with van der Waals surface area (Å²) in [5.74, 6) is 1.54. The zero-order valence-corrected chi connectivity index (χ0v) is 11.6. The summed E-state index contributed by atoms with van der Waals surface area (Å²) in [7, 11) is 0. The lowest BCUT2D eigenvalue weighted by molar-refractivity contribution is 0.260. The largest absolute Gasteiger partial charge is 0.486 e. The molecule has 5 heteroatoms. The number of ether oxygens (including phenoxy) is 1. The van der Waals surface area contributed by atoms with Crippen molar-refractivity contribution in [1.29, 1.82) is 0 Å². The lowest BCUT2D eigenvalue weighted by Crippen LogP contribution is -2.09. The fourth-order valence-electron chi connectivity index (χ4n) is 2.34. The maximum atomic E-state index is 9.26. The summed E-state index contributed by atoms with van der Waals surface area (Å²) in [6, 6.07) is 15.2. The molecule has 0 fully saturated rings. The molecular formula is C16H17N3O2. The van der Waals surface area contributed by atoms with Crippen molar-refractivity contribution in [2.24, 2.45) is 0 Å². The molecule has 0 unspecified atom stereocenters. The molecule has 21 heavy (non-hydrogen) atoms. The van der Waals surface area contributed by atoms with Crippen LogP contribution in [0, 0.1) is 0 Å². The van der Waals surface area contributed by atoms with E-state index in [9.17, 15) is 5.11 Å². The zero-order chi connectivity index (χ0) is 14.7. The van der Waals surface area contributed by atoms with Crippen LogP contribution < -0.4 is 10.5 Å². The Balaban J connectivity index is 1.93. The summed E-state index contributed by atoms with van der Waals surface area (Å²) in [6.45, 7) is 0.837. The van der Waals surface area contributed by atoms with Crippen LogP contribution in [-0.2, 0) is 13.2 Å². The summed E-state index contributed by atoms with van der Waals surface area (Å²) in [4.78, 5) is 4.55. The van der Waals surface area contributed by atoms with Crippen LogP contribution in [0.25, 0.3) is 11.0 Å². The number of para-hydroxylation sites is 2. The third-order valence-corrected chi connectivity index (χ3v) is 3.32. The molecule has 2 aromatic carbocycles. The van der Waals surface area contributed by atoms with Gasteiger partial charge in [0.2, 0.25) is 0 Å². The minimum Gasteiger partial charge on any atom is -0.486 e. The minimum atomic E-state index is 0.0403. The number of nitrogens with two attached hydrogens (primary N) is 1. The first-order chi connectivity index (χ1) is 10.3. The number of nitrogens with zero attached hydrogens (tertiary/aromatic N) is 2. The second-order valence-electron chi connectivity index (χ2n) is 4.72. The van der Waals surface area contributed by atoms with Crippen LogP contribution >= 0.6 is 0 Å². The Morgan fingerprint density at radius 3 is 2.67 bits per heavy atom. The zero-order valence-electron chi connectivity index (χ0n) is 11.6. The number of benzene rings is 2. The Labute approximate surface area is 122 Å². The highest BCUT2D eigenvalue weighted by Crippen LogP contribution is 2.22. The Bertz CT molecular complexity index is 738. The van der Waals surface area contributed by atoms with E-state index in [0.717, 1.165) is 22.6 Å². The number of hydrogen-bond donors (Lipinski definition) is 2. The van der Waals surface area contributed by atoms with Gasteiger partial charge in [-0.15, -0.1) is 0 Å². The van der Waals surface area contributed by atoms with Gasteiger partial charge in [0.1, 0.15) is 23.7 Å². The van der Waals surface area contributed by atoms with Gasteiger partial charge in [0, 0.05) is 6.54 Å². The van der Waals surface area contributed by atoms with Crippen molar-refractivity contribution in [2.75, 3.05) is 12.3 Å². The van der Waals surface area contributed by atoms with Crippen molar-refractivity contribution in [2.45, 2.75) is 13.2 Å². The molecule has 0 aliphatic carbocycles. The first kappa shape index (κ1) is 13.5. The fraction of sp³-hybridized carbons (Fsp3) is 0.188. The van der Waals surface area contributed by atoms with Crippen LogP contribution in [-0.4, -0.2) is 21.3 Å². The molecule has 0 saturated heterocycles. The molecule has 3 N–H and O–H groups in total. The Hall–Kier alpha value is -2.53. The molecule has 3 rings (SSSR count). The van der Waals surface area contributed by atoms with Crippen molar-refractivity contribution in [3.8, 4) is 5.75 Å². The summed E-state index contributed by atoms with van der Waals surface area (Å²) < 4.78 is 7.68. The van der Waals surface area contributed by atoms with Gasteiger partial charge in [-0.25, -0.2) is 4.98 Å². The van der Waals surface area contributed by atoms with E-state index >= 15 is 0 Å². The summed E-state index contributed by atoms with van der Waals surface area (Å²) in [5.41, 5.74) is 8.25. The molecular weight excluding hydrogens is 266 g/mol. The molecule has 1 aromatic heterocycles. The van der Waals surface area contributed by atoms with Gasteiger partial charge in [0.15, 0.2) is 0 Å². The highest BCUT2D eigenvalue weighted by molar-refractivity contribution is 5.87. The van der Waals surface area contributed by atoms with Crippen LogP contribution in [0.3, 0.4) is 0 Å². The van der Waals surface area contributed by atoms with Gasteiger partial charge < -0.3 is 20.1 Å². The van der Waals surface area contributed by atoms with Crippen molar-refractivity contribution in [3.63, 3.8) is 0 Å². The quantitative estimate of drug-likeness (QED) is 0.704. The minimum absolute atomic E-state index is 0.0403. The molecule has 0 radical (unpaired) electrons.